The summed E-state index contributed by atoms with van der Waals surface area (Å²) in [6.07, 6.45) is 7.19. The van der Waals surface area contributed by atoms with E-state index >= 15 is 0 Å². The highest BCUT2D eigenvalue weighted by molar-refractivity contribution is 5.47. The standard InChI is InChI=1S/C28H37F2N3O2/c1-20(34)26(24-11-5-6-12-25(24)28(2,29)30)33-17-15-23(19-33)35-18-7-3-4-10-22-14-13-21-9-8-16-31-27(21)32-22/h5-6,11-14,23,26,34H,1,3-4,7-10,15-19H2,2H3,(H,31,32)/t23-,26+/m1/s1. The monoisotopic (exact) mass is 485 g/mol. The molecule has 2 N–H and O–H groups in total. The molecule has 0 bridgehead atoms. The Kier molecular flexibility index (Phi) is 8.39. The van der Waals surface area contributed by atoms with Crippen LogP contribution in [0.2, 0.25) is 0 Å². The molecule has 2 aromatic rings. The van der Waals surface area contributed by atoms with Crippen LogP contribution in [0.4, 0.5) is 14.6 Å². The van der Waals surface area contributed by atoms with Crippen molar-refractivity contribution >= 4 is 5.82 Å². The summed E-state index contributed by atoms with van der Waals surface area (Å²) < 4.78 is 34.5. The van der Waals surface area contributed by atoms with Crippen molar-refractivity contribution in [3.8, 4) is 0 Å². The molecule has 0 saturated carbocycles. The molecule has 4 rings (SSSR count). The highest BCUT2D eigenvalue weighted by Crippen LogP contribution is 2.38. The minimum absolute atomic E-state index is 0.0273. The lowest BCUT2D eigenvalue weighted by Crippen LogP contribution is -2.31. The SMILES string of the molecule is C=C(O)[C@@H](c1ccccc1C(C)(F)F)N1CC[C@@H](OCCCCCc2ccc3c(n2)NCCC3)C1. The third-order valence-electron chi connectivity index (χ3n) is 6.97. The molecule has 0 spiro atoms. The Hall–Kier alpha value is -2.51. The summed E-state index contributed by atoms with van der Waals surface area (Å²) in [7, 11) is 0. The number of rotatable bonds is 11. The number of halogens is 2. The van der Waals surface area contributed by atoms with Gasteiger partial charge in [0.25, 0.3) is 5.92 Å². The van der Waals surface area contributed by atoms with Crippen LogP contribution in [0.5, 0.6) is 0 Å². The number of unbranched alkanes of at least 4 members (excludes halogenated alkanes) is 2. The number of aliphatic hydroxyl groups excluding tert-OH is 1. The summed E-state index contributed by atoms with van der Waals surface area (Å²) in [5.41, 5.74) is 2.78. The number of aromatic nitrogens is 1. The zero-order valence-electron chi connectivity index (χ0n) is 20.6. The van der Waals surface area contributed by atoms with Gasteiger partial charge >= 0.3 is 0 Å². The molecule has 1 aromatic heterocycles. The highest BCUT2D eigenvalue weighted by atomic mass is 19.3. The van der Waals surface area contributed by atoms with Gasteiger partial charge in [-0.3, -0.25) is 4.90 Å². The number of hydrogen-bond acceptors (Lipinski definition) is 5. The van der Waals surface area contributed by atoms with E-state index in [9.17, 15) is 13.9 Å². The molecule has 0 amide bonds. The van der Waals surface area contributed by atoms with Gasteiger partial charge < -0.3 is 15.2 Å². The Morgan fingerprint density at radius 2 is 2.09 bits per heavy atom. The van der Waals surface area contributed by atoms with Crippen LogP contribution >= 0.6 is 0 Å². The van der Waals surface area contributed by atoms with Crippen LogP contribution in [0.25, 0.3) is 0 Å². The van der Waals surface area contributed by atoms with Crippen LogP contribution in [-0.2, 0) is 23.5 Å². The lowest BCUT2D eigenvalue weighted by Gasteiger charge is -2.30. The normalized spacial score (nSPS) is 19.2. The molecule has 0 radical (unpaired) electrons. The summed E-state index contributed by atoms with van der Waals surface area (Å²) in [5, 5.41) is 13.7. The number of pyridine rings is 1. The van der Waals surface area contributed by atoms with Gasteiger partial charge in [0, 0.05) is 44.4 Å². The Morgan fingerprint density at radius 3 is 2.89 bits per heavy atom. The topological polar surface area (TPSA) is 57.6 Å². The summed E-state index contributed by atoms with van der Waals surface area (Å²) in [4.78, 5) is 6.75. The van der Waals surface area contributed by atoms with Gasteiger partial charge in [-0.2, -0.15) is 0 Å². The quantitative estimate of drug-likeness (QED) is 0.295. The van der Waals surface area contributed by atoms with Crippen LogP contribution in [0.15, 0.2) is 48.7 Å². The molecule has 1 aromatic carbocycles. The van der Waals surface area contributed by atoms with E-state index in [-0.39, 0.29) is 17.4 Å². The molecule has 7 heteroatoms. The van der Waals surface area contributed by atoms with E-state index in [0.29, 0.717) is 25.3 Å². The third-order valence-corrected chi connectivity index (χ3v) is 6.97. The zero-order chi connectivity index (χ0) is 24.8. The van der Waals surface area contributed by atoms with Gasteiger partial charge in [-0.15, -0.1) is 0 Å². The molecule has 0 unspecified atom stereocenters. The number of nitrogens with zero attached hydrogens (tertiary/aromatic N) is 2. The Balaban J connectivity index is 1.21. The number of fused-ring (bicyclic) bond motifs is 1. The van der Waals surface area contributed by atoms with Crippen LogP contribution < -0.4 is 5.32 Å². The number of benzene rings is 1. The van der Waals surface area contributed by atoms with Gasteiger partial charge in [0.15, 0.2) is 0 Å². The molecule has 1 saturated heterocycles. The van der Waals surface area contributed by atoms with Gasteiger partial charge in [-0.05, 0) is 55.7 Å². The molecular formula is C28H37F2N3O2. The van der Waals surface area contributed by atoms with Gasteiger partial charge in [0.1, 0.15) is 11.6 Å². The molecule has 2 atom stereocenters. The number of anilines is 1. The van der Waals surface area contributed by atoms with Crippen molar-refractivity contribution in [1.82, 2.24) is 9.88 Å². The first kappa shape index (κ1) is 25.6. The third kappa shape index (κ3) is 6.58. The maximum absolute atomic E-state index is 14.2. The maximum atomic E-state index is 14.2. The second-order valence-electron chi connectivity index (χ2n) is 9.80. The number of aryl methyl sites for hydroxylation is 2. The smallest absolute Gasteiger partial charge is 0.270 e. The van der Waals surface area contributed by atoms with Gasteiger partial charge in [-0.1, -0.05) is 43.3 Å². The fourth-order valence-corrected chi connectivity index (χ4v) is 5.19. The predicted molar refractivity (Wildman–Crippen MR) is 135 cm³/mol. The predicted octanol–water partition coefficient (Wildman–Crippen LogP) is 6.17. The first-order valence-corrected chi connectivity index (χ1v) is 12.8. The van der Waals surface area contributed by atoms with Crippen LogP contribution in [0.1, 0.15) is 67.5 Å². The Bertz CT molecular complexity index is 1010. The first-order valence-electron chi connectivity index (χ1n) is 12.8. The summed E-state index contributed by atoms with van der Waals surface area (Å²) in [6.45, 7) is 7.50. The maximum Gasteiger partial charge on any atom is 0.270 e. The fraction of sp³-hybridized carbons (Fsp3) is 0.536. The van der Waals surface area contributed by atoms with E-state index < -0.39 is 12.0 Å². The number of alkyl halides is 2. The van der Waals surface area contributed by atoms with Gasteiger partial charge in [-0.25, -0.2) is 13.8 Å². The minimum Gasteiger partial charge on any atom is -0.511 e. The molecule has 3 heterocycles. The average Bonchev–Trinajstić information content (AvgIpc) is 3.29. The van der Waals surface area contributed by atoms with E-state index in [2.05, 4.69) is 24.0 Å². The second-order valence-corrected chi connectivity index (χ2v) is 9.80. The zero-order valence-corrected chi connectivity index (χ0v) is 20.6. The molecular weight excluding hydrogens is 448 g/mol. The minimum atomic E-state index is -2.99. The Morgan fingerprint density at radius 1 is 1.26 bits per heavy atom. The fourth-order valence-electron chi connectivity index (χ4n) is 5.19. The van der Waals surface area contributed by atoms with Crippen molar-refractivity contribution in [3.05, 3.63) is 71.1 Å². The van der Waals surface area contributed by atoms with Crippen molar-refractivity contribution in [2.45, 2.75) is 69.9 Å². The highest BCUT2D eigenvalue weighted by Gasteiger charge is 2.36. The van der Waals surface area contributed by atoms with Crippen molar-refractivity contribution < 1.29 is 18.6 Å². The van der Waals surface area contributed by atoms with E-state index in [1.807, 2.05) is 4.90 Å². The van der Waals surface area contributed by atoms with Crippen LogP contribution in [0.3, 0.4) is 0 Å². The molecule has 1 fully saturated rings. The Labute approximate surface area is 207 Å². The molecule has 2 aliphatic heterocycles. The van der Waals surface area contributed by atoms with Crippen LogP contribution in [-0.4, -0.2) is 47.3 Å². The number of aliphatic hydroxyl groups is 1. The van der Waals surface area contributed by atoms with Crippen molar-refractivity contribution in [2.75, 3.05) is 31.6 Å². The van der Waals surface area contributed by atoms with E-state index in [1.165, 1.54) is 18.1 Å². The summed E-state index contributed by atoms with van der Waals surface area (Å²) in [6, 6.07) is 10.1. The molecule has 35 heavy (non-hydrogen) atoms. The second kappa shape index (κ2) is 11.5. The lowest BCUT2D eigenvalue weighted by atomic mass is 9.94. The molecule has 0 aliphatic carbocycles. The number of hydrogen-bond donors (Lipinski definition) is 2. The largest absolute Gasteiger partial charge is 0.511 e. The van der Waals surface area contributed by atoms with E-state index in [0.717, 1.165) is 63.5 Å². The van der Waals surface area contributed by atoms with Gasteiger partial charge in [0.2, 0.25) is 0 Å². The summed E-state index contributed by atoms with van der Waals surface area (Å²) in [5.74, 6) is -2.06. The molecule has 190 valence electrons. The van der Waals surface area contributed by atoms with E-state index in [4.69, 9.17) is 9.72 Å². The van der Waals surface area contributed by atoms with Crippen molar-refractivity contribution in [1.29, 1.82) is 0 Å². The number of likely N-dealkylation sites (tertiary alicyclic amines) is 1. The lowest BCUT2D eigenvalue weighted by molar-refractivity contribution is 0.0146. The number of nitrogens with one attached hydrogen (secondary N) is 1. The molecule has 5 nitrogen and oxygen atoms in total. The average molecular weight is 486 g/mol. The molecule has 2 aliphatic rings. The summed E-state index contributed by atoms with van der Waals surface area (Å²) >= 11 is 0. The number of ether oxygens (including phenoxy) is 1. The van der Waals surface area contributed by atoms with Crippen molar-refractivity contribution in [2.24, 2.45) is 0 Å². The van der Waals surface area contributed by atoms with E-state index in [1.54, 1.807) is 18.2 Å². The first-order chi connectivity index (χ1) is 16.8. The van der Waals surface area contributed by atoms with Crippen LogP contribution in [0, 0.1) is 0 Å². The van der Waals surface area contributed by atoms with Gasteiger partial charge in [0.05, 0.1) is 12.1 Å². The van der Waals surface area contributed by atoms with Crippen molar-refractivity contribution in [3.63, 3.8) is 0 Å².